The van der Waals surface area contributed by atoms with E-state index < -0.39 is 0 Å². The third-order valence-corrected chi connectivity index (χ3v) is 3.06. The van der Waals surface area contributed by atoms with Gasteiger partial charge in [0, 0.05) is 6.04 Å². The smallest absolute Gasteiger partial charge is 0.344 e. The number of H-pyrrole nitrogens is 1. The summed E-state index contributed by atoms with van der Waals surface area (Å²) >= 11 is 1.33. The molecule has 6 nitrogen and oxygen atoms in total. The van der Waals surface area contributed by atoms with Gasteiger partial charge in [0.2, 0.25) is 0 Å². The number of aromatic nitrogens is 4. The maximum absolute atomic E-state index is 11.5. The molecule has 0 atom stereocenters. The van der Waals surface area contributed by atoms with Crippen LogP contribution >= 0.6 is 11.8 Å². The number of anilines is 1. The first-order valence-corrected chi connectivity index (χ1v) is 5.96. The molecule has 0 spiro atoms. The Hall–Kier alpha value is -1.76. The summed E-state index contributed by atoms with van der Waals surface area (Å²) in [5.41, 5.74) is 5.95. The summed E-state index contributed by atoms with van der Waals surface area (Å²) in [5, 5.41) is 7.76. The van der Waals surface area contributed by atoms with Crippen LogP contribution in [0.1, 0.15) is 19.9 Å². The Morgan fingerprint density at radius 2 is 2.24 bits per heavy atom. The summed E-state index contributed by atoms with van der Waals surface area (Å²) in [4.78, 5) is 15.7. The SMILES string of the molecule is CC(C)n1c(Sc2ccc(N)cn2)n[nH]c1=O. The predicted octanol–water partition coefficient (Wildman–Crippen LogP) is 1.28. The van der Waals surface area contributed by atoms with Gasteiger partial charge >= 0.3 is 5.69 Å². The number of nitrogen functional groups attached to an aromatic ring is 1. The lowest BCUT2D eigenvalue weighted by Crippen LogP contribution is -2.19. The zero-order valence-corrected chi connectivity index (χ0v) is 10.4. The molecule has 90 valence electrons. The van der Waals surface area contributed by atoms with Crippen LogP contribution in [0, 0.1) is 0 Å². The molecule has 0 aliphatic heterocycles. The van der Waals surface area contributed by atoms with Gasteiger partial charge in [-0.05, 0) is 37.7 Å². The average molecular weight is 251 g/mol. The molecule has 0 aliphatic carbocycles. The van der Waals surface area contributed by atoms with Crippen LogP contribution in [0.3, 0.4) is 0 Å². The number of nitrogens with two attached hydrogens (primary N) is 1. The van der Waals surface area contributed by atoms with Crippen molar-refractivity contribution in [3.05, 3.63) is 28.8 Å². The van der Waals surface area contributed by atoms with Gasteiger partial charge in [0.05, 0.1) is 11.9 Å². The maximum atomic E-state index is 11.5. The van der Waals surface area contributed by atoms with Gasteiger partial charge in [0.25, 0.3) is 0 Å². The van der Waals surface area contributed by atoms with Crippen molar-refractivity contribution in [2.24, 2.45) is 0 Å². The molecular weight excluding hydrogens is 238 g/mol. The van der Waals surface area contributed by atoms with Crippen LogP contribution in [0.4, 0.5) is 5.69 Å². The molecule has 0 unspecified atom stereocenters. The van der Waals surface area contributed by atoms with Gasteiger partial charge in [-0.25, -0.2) is 14.9 Å². The van der Waals surface area contributed by atoms with E-state index in [1.165, 1.54) is 11.8 Å². The number of nitrogens with zero attached hydrogens (tertiary/aromatic N) is 3. The number of aromatic amines is 1. The fourth-order valence-electron chi connectivity index (χ4n) is 1.36. The number of nitrogens with one attached hydrogen (secondary N) is 1. The molecule has 0 bridgehead atoms. The van der Waals surface area contributed by atoms with Crippen LogP contribution in [-0.4, -0.2) is 19.7 Å². The van der Waals surface area contributed by atoms with Crippen LogP contribution in [0.5, 0.6) is 0 Å². The molecule has 3 N–H and O–H groups in total. The summed E-state index contributed by atoms with van der Waals surface area (Å²) in [6.07, 6.45) is 1.58. The second-order valence-electron chi connectivity index (χ2n) is 3.81. The fourth-order valence-corrected chi connectivity index (χ4v) is 2.28. The van der Waals surface area contributed by atoms with E-state index >= 15 is 0 Å². The first-order valence-electron chi connectivity index (χ1n) is 5.14. The van der Waals surface area contributed by atoms with Gasteiger partial charge < -0.3 is 5.73 Å². The summed E-state index contributed by atoms with van der Waals surface area (Å²) in [7, 11) is 0. The van der Waals surface area contributed by atoms with Gasteiger partial charge in [0.1, 0.15) is 5.03 Å². The Balaban J connectivity index is 2.30. The van der Waals surface area contributed by atoms with Gasteiger partial charge in [-0.3, -0.25) is 4.57 Å². The highest BCUT2D eigenvalue weighted by molar-refractivity contribution is 7.99. The third kappa shape index (κ3) is 2.50. The number of pyridine rings is 1. The second-order valence-corrected chi connectivity index (χ2v) is 4.79. The first kappa shape index (κ1) is 11.7. The predicted molar refractivity (Wildman–Crippen MR) is 66.0 cm³/mol. The van der Waals surface area contributed by atoms with Crippen molar-refractivity contribution in [1.82, 2.24) is 19.7 Å². The molecule has 0 fully saturated rings. The Morgan fingerprint density at radius 1 is 1.47 bits per heavy atom. The van der Waals surface area contributed by atoms with Crippen molar-refractivity contribution < 1.29 is 0 Å². The van der Waals surface area contributed by atoms with Crippen molar-refractivity contribution in [1.29, 1.82) is 0 Å². The van der Waals surface area contributed by atoms with Crippen molar-refractivity contribution in [3.63, 3.8) is 0 Å². The fraction of sp³-hybridized carbons (Fsp3) is 0.300. The normalized spacial score (nSPS) is 11.0. The van der Waals surface area contributed by atoms with Gasteiger partial charge in [0.15, 0.2) is 5.16 Å². The Labute approximate surface area is 102 Å². The van der Waals surface area contributed by atoms with E-state index in [9.17, 15) is 4.79 Å². The van der Waals surface area contributed by atoms with Crippen molar-refractivity contribution in [3.8, 4) is 0 Å². The highest BCUT2D eigenvalue weighted by Gasteiger charge is 2.12. The molecule has 0 amide bonds. The molecule has 0 radical (unpaired) electrons. The number of hydrogen-bond donors (Lipinski definition) is 2. The number of hydrogen-bond acceptors (Lipinski definition) is 5. The van der Waals surface area contributed by atoms with E-state index in [1.807, 2.05) is 13.8 Å². The number of rotatable bonds is 3. The van der Waals surface area contributed by atoms with Gasteiger partial charge in [-0.2, -0.15) is 0 Å². The summed E-state index contributed by atoms with van der Waals surface area (Å²) in [5.74, 6) is 0. The van der Waals surface area contributed by atoms with E-state index in [1.54, 1.807) is 22.9 Å². The van der Waals surface area contributed by atoms with E-state index in [2.05, 4.69) is 15.2 Å². The molecule has 2 heterocycles. The Kier molecular flexibility index (Phi) is 3.19. The van der Waals surface area contributed by atoms with Gasteiger partial charge in [-0.1, -0.05) is 0 Å². The minimum Gasteiger partial charge on any atom is -0.397 e. The largest absolute Gasteiger partial charge is 0.397 e. The average Bonchev–Trinajstić information content (AvgIpc) is 2.63. The van der Waals surface area contributed by atoms with Crippen LogP contribution in [0.15, 0.2) is 33.3 Å². The van der Waals surface area contributed by atoms with Crippen molar-refractivity contribution in [2.75, 3.05) is 5.73 Å². The van der Waals surface area contributed by atoms with Crippen LogP contribution in [0.25, 0.3) is 0 Å². The maximum Gasteiger partial charge on any atom is 0.344 e. The molecule has 7 heteroatoms. The van der Waals surface area contributed by atoms with Gasteiger partial charge in [-0.15, -0.1) is 5.10 Å². The zero-order valence-electron chi connectivity index (χ0n) is 9.54. The summed E-state index contributed by atoms with van der Waals surface area (Å²) in [6, 6.07) is 3.61. The van der Waals surface area contributed by atoms with Crippen LogP contribution < -0.4 is 11.4 Å². The molecule has 2 rings (SSSR count). The Bertz CT molecular complexity index is 557. The van der Waals surface area contributed by atoms with E-state index in [0.29, 0.717) is 10.8 Å². The quantitative estimate of drug-likeness (QED) is 0.857. The molecule has 2 aromatic rings. The molecule has 0 saturated heterocycles. The molecule has 17 heavy (non-hydrogen) atoms. The monoisotopic (exact) mass is 251 g/mol. The summed E-state index contributed by atoms with van der Waals surface area (Å²) in [6.45, 7) is 3.86. The second kappa shape index (κ2) is 4.62. The van der Waals surface area contributed by atoms with E-state index in [-0.39, 0.29) is 11.7 Å². The summed E-state index contributed by atoms with van der Waals surface area (Å²) < 4.78 is 1.59. The van der Waals surface area contributed by atoms with Crippen molar-refractivity contribution >= 4 is 17.4 Å². The lowest BCUT2D eigenvalue weighted by atomic mass is 10.4. The standard InChI is InChI=1S/C10H13N5OS/c1-6(2)15-9(16)13-14-10(15)17-8-4-3-7(11)5-12-8/h3-6H,11H2,1-2H3,(H,13,16). The highest BCUT2D eigenvalue weighted by atomic mass is 32.2. The third-order valence-electron chi connectivity index (χ3n) is 2.14. The van der Waals surface area contributed by atoms with Crippen molar-refractivity contribution in [2.45, 2.75) is 30.1 Å². The minimum atomic E-state index is -0.210. The van der Waals surface area contributed by atoms with E-state index in [4.69, 9.17) is 5.73 Å². The lowest BCUT2D eigenvalue weighted by Gasteiger charge is -2.07. The molecular formula is C10H13N5OS. The Morgan fingerprint density at radius 3 is 2.82 bits per heavy atom. The molecule has 0 aromatic carbocycles. The molecule has 0 aliphatic rings. The first-order chi connectivity index (χ1) is 8.08. The highest BCUT2D eigenvalue weighted by Crippen LogP contribution is 2.24. The zero-order chi connectivity index (χ0) is 12.4. The topological polar surface area (TPSA) is 89.6 Å². The molecule has 0 saturated carbocycles. The van der Waals surface area contributed by atoms with Crippen LogP contribution in [-0.2, 0) is 0 Å². The molecule has 2 aromatic heterocycles. The van der Waals surface area contributed by atoms with E-state index in [0.717, 1.165) is 5.03 Å². The lowest BCUT2D eigenvalue weighted by molar-refractivity contribution is 0.534. The minimum absolute atomic E-state index is 0.0533. The van der Waals surface area contributed by atoms with Crippen LogP contribution in [0.2, 0.25) is 0 Å².